The van der Waals surface area contributed by atoms with Gasteiger partial charge in [-0.15, -0.1) is 11.3 Å². The summed E-state index contributed by atoms with van der Waals surface area (Å²) in [6.45, 7) is 7.68. The van der Waals surface area contributed by atoms with Crippen LogP contribution in [0.25, 0.3) is 11.1 Å². The Bertz CT molecular complexity index is 1050. The number of rotatable bonds is 4. The maximum Gasteiger partial charge on any atom is 0.342 e. The number of aryl methyl sites for hydroxylation is 2. The predicted octanol–water partition coefficient (Wildman–Crippen LogP) is 5.70. The van der Waals surface area contributed by atoms with Crippen LogP contribution in [0.4, 0.5) is 5.00 Å². The SMILES string of the molecule is CBr.CNN.CNc1scc(-c2ccc(C)cc2)c1C(=O)OC(C)(C)C.Cn1ncc(C=O)c1Cl. The number of nitrogens with two attached hydrogens (primary N) is 1. The molecule has 0 saturated heterocycles. The van der Waals surface area contributed by atoms with Crippen molar-refractivity contribution in [1.82, 2.24) is 15.2 Å². The maximum atomic E-state index is 12.5. The molecule has 2 heterocycles. The number of aromatic nitrogens is 2. The fourth-order valence-electron chi connectivity index (χ4n) is 2.54. The van der Waals surface area contributed by atoms with E-state index in [1.54, 1.807) is 14.1 Å². The molecule has 8 nitrogen and oxygen atoms in total. The van der Waals surface area contributed by atoms with Gasteiger partial charge in [-0.3, -0.25) is 20.7 Å². The number of anilines is 1. The van der Waals surface area contributed by atoms with Crippen LogP contribution >= 0.6 is 38.9 Å². The Hall–Kier alpha value is -2.24. The van der Waals surface area contributed by atoms with E-state index >= 15 is 0 Å². The lowest BCUT2D eigenvalue weighted by Crippen LogP contribution is -2.24. The Morgan fingerprint density at radius 3 is 2.14 bits per heavy atom. The zero-order valence-electron chi connectivity index (χ0n) is 21.4. The maximum absolute atomic E-state index is 12.5. The second-order valence-corrected chi connectivity index (χ2v) is 9.13. The Morgan fingerprint density at radius 2 is 1.77 bits per heavy atom. The molecule has 0 atom stereocenters. The molecular formula is C24H35BrClN5O3S. The van der Waals surface area contributed by atoms with Crippen LogP contribution in [-0.2, 0) is 11.8 Å². The standard InChI is InChI=1S/C17H21NO2S.C5H5ClN2O.CH3Br.CH6N2/c1-11-6-8-12(9-7-11)13-10-21-15(18-5)14(13)16(19)20-17(2,3)4;1-8-5(6)4(3-9)2-7-8;1-2;1-3-2/h6-10,18H,1-5H3;2-3H,1H3;1H3;3H,2H2,1H3. The van der Waals surface area contributed by atoms with Gasteiger partial charge in [-0.05, 0) is 46.1 Å². The molecule has 2 aromatic heterocycles. The van der Waals surface area contributed by atoms with Crippen LogP contribution in [0.2, 0.25) is 5.15 Å². The van der Waals surface area contributed by atoms with Gasteiger partial charge in [-0.25, -0.2) is 4.79 Å². The van der Waals surface area contributed by atoms with E-state index in [1.807, 2.05) is 70.2 Å². The van der Waals surface area contributed by atoms with Gasteiger partial charge in [0.05, 0.1) is 11.8 Å². The number of carbonyl (C=O) groups excluding carboxylic acids is 2. The number of nitrogens with one attached hydrogen (secondary N) is 2. The van der Waals surface area contributed by atoms with Crippen molar-refractivity contribution in [2.45, 2.75) is 33.3 Å². The number of halogens is 2. The van der Waals surface area contributed by atoms with E-state index in [2.05, 4.69) is 37.6 Å². The van der Waals surface area contributed by atoms with Crippen molar-refractivity contribution in [1.29, 1.82) is 0 Å². The first-order chi connectivity index (χ1) is 16.5. The fraction of sp³-hybridized carbons (Fsp3) is 0.375. The van der Waals surface area contributed by atoms with Crippen LogP contribution in [-0.4, -0.2) is 47.6 Å². The summed E-state index contributed by atoms with van der Waals surface area (Å²) >= 11 is 10.0. The Labute approximate surface area is 225 Å². The molecule has 3 aromatic rings. The third-order valence-electron chi connectivity index (χ3n) is 4.00. The third kappa shape index (κ3) is 10.9. The number of benzene rings is 1. The first-order valence-corrected chi connectivity index (χ1v) is 13.3. The molecule has 0 aliphatic rings. The van der Waals surface area contributed by atoms with E-state index in [4.69, 9.17) is 16.3 Å². The fourth-order valence-corrected chi connectivity index (χ4v) is 3.59. The van der Waals surface area contributed by atoms with E-state index in [0.717, 1.165) is 16.1 Å². The average Bonchev–Trinajstić information content (AvgIpc) is 3.39. The number of carbonyl (C=O) groups is 2. The molecule has 194 valence electrons. The van der Waals surface area contributed by atoms with Gasteiger partial charge in [0.1, 0.15) is 21.3 Å². The van der Waals surface area contributed by atoms with Crippen molar-refractivity contribution in [2.75, 3.05) is 25.2 Å². The summed E-state index contributed by atoms with van der Waals surface area (Å²) in [6.07, 6.45) is 2.10. The van der Waals surface area contributed by atoms with Gasteiger partial charge in [-0.1, -0.05) is 57.4 Å². The summed E-state index contributed by atoms with van der Waals surface area (Å²) in [5.41, 5.74) is 5.93. The topological polar surface area (TPSA) is 111 Å². The zero-order chi connectivity index (χ0) is 27.2. The highest BCUT2D eigenvalue weighted by Crippen LogP contribution is 2.36. The minimum absolute atomic E-state index is 0.288. The number of hydrazine groups is 1. The van der Waals surface area contributed by atoms with Crippen LogP contribution in [0.1, 0.15) is 47.1 Å². The second-order valence-electron chi connectivity index (χ2n) is 7.89. The highest BCUT2D eigenvalue weighted by atomic mass is 79.9. The molecule has 11 heteroatoms. The lowest BCUT2D eigenvalue weighted by Gasteiger charge is -2.20. The molecule has 3 rings (SSSR count). The lowest BCUT2D eigenvalue weighted by atomic mass is 10.0. The van der Waals surface area contributed by atoms with Crippen LogP contribution in [0.15, 0.2) is 35.8 Å². The molecule has 0 aliphatic heterocycles. The third-order valence-corrected chi connectivity index (χ3v) is 5.46. The number of esters is 1. The largest absolute Gasteiger partial charge is 0.456 e. The molecule has 4 N–H and O–H groups in total. The van der Waals surface area contributed by atoms with E-state index < -0.39 is 5.60 Å². The lowest BCUT2D eigenvalue weighted by molar-refractivity contribution is 0.00720. The molecule has 0 radical (unpaired) electrons. The van der Waals surface area contributed by atoms with E-state index in [9.17, 15) is 9.59 Å². The molecule has 0 aliphatic carbocycles. The highest BCUT2D eigenvalue weighted by Gasteiger charge is 2.25. The van der Waals surface area contributed by atoms with Crippen molar-refractivity contribution in [3.8, 4) is 11.1 Å². The van der Waals surface area contributed by atoms with Crippen LogP contribution in [0, 0.1) is 6.92 Å². The van der Waals surface area contributed by atoms with Gasteiger partial charge in [0, 0.05) is 25.0 Å². The highest BCUT2D eigenvalue weighted by molar-refractivity contribution is 9.08. The Balaban J connectivity index is 0.000000684. The molecule has 1 aromatic carbocycles. The molecule has 0 bridgehead atoms. The Kier molecular flexibility index (Phi) is 15.4. The summed E-state index contributed by atoms with van der Waals surface area (Å²) in [4.78, 5) is 22.6. The summed E-state index contributed by atoms with van der Waals surface area (Å²) in [7, 11) is 5.15. The number of aldehydes is 1. The molecule has 0 fully saturated rings. The average molecular weight is 589 g/mol. The van der Waals surface area contributed by atoms with Crippen LogP contribution in [0.5, 0.6) is 0 Å². The first kappa shape index (κ1) is 32.8. The van der Waals surface area contributed by atoms with Crippen molar-refractivity contribution >= 4 is 56.1 Å². The summed E-state index contributed by atoms with van der Waals surface area (Å²) in [5, 5.41) is 10.0. The van der Waals surface area contributed by atoms with Gasteiger partial charge >= 0.3 is 5.97 Å². The van der Waals surface area contributed by atoms with Crippen molar-refractivity contribution in [3.63, 3.8) is 0 Å². The normalized spacial score (nSPS) is 9.91. The van der Waals surface area contributed by atoms with E-state index in [0.29, 0.717) is 22.6 Å². The summed E-state index contributed by atoms with van der Waals surface area (Å²) in [5.74, 6) is 6.12. The molecule has 0 spiro atoms. The molecule has 35 heavy (non-hydrogen) atoms. The van der Waals surface area contributed by atoms with Gasteiger partial charge in [0.25, 0.3) is 0 Å². The minimum Gasteiger partial charge on any atom is -0.456 e. The summed E-state index contributed by atoms with van der Waals surface area (Å²) < 4.78 is 6.97. The number of alkyl halides is 1. The number of hydrogen-bond donors (Lipinski definition) is 3. The monoisotopic (exact) mass is 587 g/mol. The Morgan fingerprint density at radius 1 is 1.23 bits per heavy atom. The smallest absolute Gasteiger partial charge is 0.342 e. The zero-order valence-corrected chi connectivity index (χ0v) is 24.6. The van der Waals surface area contributed by atoms with Crippen molar-refractivity contribution < 1.29 is 14.3 Å². The quantitative estimate of drug-likeness (QED) is 0.118. The van der Waals surface area contributed by atoms with Gasteiger partial charge < -0.3 is 10.1 Å². The van der Waals surface area contributed by atoms with E-state index in [1.165, 1.54) is 27.8 Å². The van der Waals surface area contributed by atoms with Crippen molar-refractivity contribution in [2.24, 2.45) is 12.9 Å². The minimum atomic E-state index is -0.505. The van der Waals surface area contributed by atoms with Crippen LogP contribution in [0.3, 0.4) is 0 Å². The molecule has 0 saturated carbocycles. The van der Waals surface area contributed by atoms with Gasteiger partial charge in [0.15, 0.2) is 6.29 Å². The van der Waals surface area contributed by atoms with Crippen LogP contribution < -0.4 is 16.6 Å². The van der Waals surface area contributed by atoms with Crippen molar-refractivity contribution in [3.05, 3.63) is 57.7 Å². The first-order valence-electron chi connectivity index (χ1n) is 10.5. The number of nitrogens with zero attached hydrogens (tertiary/aromatic N) is 2. The van der Waals surface area contributed by atoms with E-state index in [-0.39, 0.29) is 5.97 Å². The molecule has 0 unspecified atom stereocenters. The van der Waals surface area contributed by atoms with Gasteiger partial charge in [-0.2, -0.15) is 5.10 Å². The number of thiophene rings is 1. The molecule has 0 amide bonds. The predicted molar refractivity (Wildman–Crippen MR) is 151 cm³/mol. The second kappa shape index (κ2) is 16.4. The molecular weight excluding hydrogens is 554 g/mol. The number of hydrogen-bond acceptors (Lipinski definition) is 8. The number of ether oxygens (including phenoxy) is 1. The van der Waals surface area contributed by atoms with Gasteiger partial charge in [0.2, 0.25) is 0 Å². The summed E-state index contributed by atoms with van der Waals surface area (Å²) in [6, 6.07) is 8.16.